The van der Waals surface area contributed by atoms with Gasteiger partial charge in [-0.25, -0.2) is 0 Å². The van der Waals surface area contributed by atoms with Crippen LogP contribution in [-0.4, -0.2) is 24.3 Å². The number of carbonyl (C=O) groups excluding carboxylic acids is 2. The Kier molecular flexibility index (Phi) is 4.41. The highest BCUT2D eigenvalue weighted by atomic mass is 16.5. The standard InChI is InChI=1S/C16H17NO3/c1-3-10-17-16(19)11(2)20-15-9-5-6-12-13(15)7-4-8-14(12)18/h1,5-6,9,11H,4,7-8,10H2,2H3,(H,17,19). The number of amides is 1. The van der Waals surface area contributed by atoms with Crippen molar-refractivity contribution in [2.75, 3.05) is 6.54 Å². The van der Waals surface area contributed by atoms with E-state index in [1.807, 2.05) is 6.07 Å². The predicted octanol–water partition coefficient (Wildman–Crippen LogP) is 1.72. The van der Waals surface area contributed by atoms with Crippen LogP contribution in [0.5, 0.6) is 5.75 Å². The van der Waals surface area contributed by atoms with Gasteiger partial charge < -0.3 is 10.1 Å². The minimum Gasteiger partial charge on any atom is -0.481 e. The van der Waals surface area contributed by atoms with E-state index in [0.717, 1.165) is 18.4 Å². The molecule has 1 N–H and O–H groups in total. The average Bonchev–Trinajstić information content (AvgIpc) is 2.45. The number of nitrogens with one attached hydrogen (secondary N) is 1. The monoisotopic (exact) mass is 271 g/mol. The fourth-order valence-corrected chi connectivity index (χ4v) is 2.28. The highest BCUT2D eigenvalue weighted by Gasteiger charge is 2.22. The van der Waals surface area contributed by atoms with Crippen molar-refractivity contribution in [1.82, 2.24) is 5.32 Å². The number of ketones is 1. The van der Waals surface area contributed by atoms with Gasteiger partial charge in [-0.2, -0.15) is 0 Å². The Labute approximate surface area is 118 Å². The Morgan fingerprint density at radius 2 is 2.30 bits per heavy atom. The Bertz CT molecular complexity index is 572. The molecule has 0 radical (unpaired) electrons. The van der Waals surface area contributed by atoms with E-state index in [0.29, 0.717) is 17.7 Å². The molecule has 0 aliphatic heterocycles. The molecular weight excluding hydrogens is 254 g/mol. The fourth-order valence-electron chi connectivity index (χ4n) is 2.28. The summed E-state index contributed by atoms with van der Waals surface area (Å²) in [5.74, 6) is 2.83. The lowest BCUT2D eigenvalue weighted by Crippen LogP contribution is -2.36. The molecule has 2 rings (SSSR count). The van der Waals surface area contributed by atoms with Crippen LogP contribution in [0.3, 0.4) is 0 Å². The van der Waals surface area contributed by atoms with Gasteiger partial charge in [0.1, 0.15) is 5.75 Å². The summed E-state index contributed by atoms with van der Waals surface area (Å²) in [5, 5.41) is 2.57. The molecule has 4 heteroatoms. The molecular formula is C16H17NO3. The van der Waals surface area contributed by atoms with Crippen LogP contribution in [0, 0.1) is 12.3 Å². The van der Waals surface area contributed by atoms with Crippen LogP contribution in [0.25, 0.3) is 0 Å². The zero-order valence-corrected chi connectivity index (χ0v) is 11.4. The molecule has 1 aromatic rings. The van der Waals surface area contributed by atoms with Gasteiger partial charge in [-0.15, -0.1) is 6.42 Å². The van der Waals surface area contributed by atoms with Crippen molar-refractivity contribution in [3.05, 3.63) is 29.3 Å². The topological polar surface area (TPSA) is 55.4 Å². The number of Topliss-reactive ketones (excluding diaryl/α,β-unsaturated/α-hetero) is 1. The molecule has 104 valence electrons. The van der Waals surface area contributed by atoms with Crippen LogP contribution in [0.4, 0.5) is 0 Å². The number of terminal acetylenes is 1. The minimum atomic E-state index is -0.646. The molecule has 1 unspecified atom stereocenters. The highest BCUT2D eigenvalue weighted by molar-refractivity contribution is 5.99. The summed E-state index contributed by atoms with van der Waals surface area (Å²) < 4.78 is 5.69. The molecule has 0 saturated carbocycles. The van der Waals surface area contributed by atoms with Gasteiger partial charge in [0.05, 0.1) is 6.54 Å². The first-order valence-electron chi connectivity index (χ1n) is 6.66. The van der Waals surface area contributed by atoms with Crippen molar-refractivity contribution in [2.45, 2.75) is 32.3 Å². The zero-order valence-electron chi connectivity index (χ0n) is 11.4. The number of benzene rings is 1. The Hall–Kier alpha value is -2.28. The van der Waals surface area contributed by atoms with Gasteiger partial charge >= 0.3 is 0 Å². The second-order valence-corrected chi connectivity index (χ2v) is 4.74. The van der Waals surface area contributed by atoms with Crippen molar-refractivity contribution < 1.29 is 14.3 Å². The van der Waals surface area contributed by atoms with Crippen molar-refractivity contribution in [2.24, 2.45) is 0 Å². The second-order valence-electron chi connectivity index (χ2n) is 4.74. The predicted molar refractivity (Wildman–Crippen MR) is 75.6 cm³/mol. The van der Waals surface area contributed by atoms with E-state index in [9.17, 15) is 9.59 Å². The number of fused-ring (bicyclic) bond motifs is 1. The lowest BCUT2D eigenvalue weighted by atomic mass is 9.90. The molecule has 1 amide bonds. The molecule has 1 atom stereocenters. The van der Waals surface area contributed by atoms with E-state index in [-0.39, 0.29) is 18.2 Å². The van der Waals surface area contributed by atoms with Crippen molar-refractivity contribution in [3.63, 3.8) is 0 Å². The van der Waals surface area contributed by atoms with Gasteiger partial charge in [0.15, 0.2) is 11.9 Å². The van der Waals surface area contributed by atoms with Crippen molar-refractivity contribution in [1.29, 1.82) is 0 Å². The summed E-state index contributed by atoms with van der Waals surface area (Å²) >= 11 is 0. The van der Waals surface area contributed by atoms with Gasteiger partial charge in [-0.1, -0.05) is 18.1 Å². The number of hydrogen-bond donors (Lipinski definition) is 1. The zero-order chi connectivity index (χ0) is 14.5. The molecule has 0 heterocycles. The lowest BCUT2D eigenvalue weighted by Gasteiger charge is -2.21. The van der Waals surface area contributed by atoms with Crippen LogP contribution >= 0.6 is 0 Å². The summed E-state index contributed by atoms with van der Waals surface area (Å²) in [4.78, 5) is 23.6. The second kappa shape index (κ2) is 6.25. The quantitative estimate of drug-likeness (QED) is 0.848. The number of hydrogen-bond acceptors (Lipinski definition) is 3. The van der Waals surface area contributed by atoms with E-state index in [1.165, 1.54) is 0 Å². The third kappa shape index (κ3) is 3.00. The highest BCUT2D eigenvalue weighted by Crippen LogP contribution is 2.30. The average molecular weight is 271 g/mol. The Morgan fingerprint density at radius 1 is 1.50 bits per heavy atom. The Balaban J connectivity index is 2.14. The summed E-state index contributed by atoms with van der Waals surface area (Å²) in [6.45, 7) is 1.84. The summed E-state index contributed by atoms with van der Waals surface area (Å²) in [7, 11) is 0. The summed E-state index contributed by atoms with van der Waals surface area (Å²) in [5.41, 5.74) is 1.62. The lowest BCUT2D eigenvalue weighted by molar-refractivity contribution is -0.127. The van der Waals surface area contributed by atoms with Crippen LogP contribution in [-0.2, 0) is 11.2 Å². The smallest absolute Gasteiger partial charge is 0.261 e. The molecule has 0 fully saturated rings. The van der Waals surface area contributed by atoms with Crippen LogP contribution in [0.2, 0.25) is 0 Å². The third-order valence-electron chi connectivity index (χ3n) is 3.30. The van der Waals surface area contributed by atoms with Gasteiger partial charge in [0, 0.05) is 17.5 Å². The molecule has 4 nitrogen and oxygen atoms in total. The molecule has 1 aliphatic carbocycles. The number of rotatable bonds is 4. The van der Waals surface area contributed by atoms with Crippen LogP contribution < -0.4 is 10.1 Å². The van der Waals surface area contributed by atoms with E-state index in [1.54, 1.807) is 19.1 Å². The molecule has 20 heavy (non-hydrogen) atoms. The largest absolute Gasteiger partial charge is 0.481 e. The SMILES string of the molecule is C#CCNC(=O)C(C)Oc1cccc2c1CCCC2=O. The molecule has 0 aromatic heterocycles. The summed E-state index contributed by atoms with van der Waals surface area (Å²) in [6, 6.07) is 5.39. The van der Waals surface area contributed by atoms with Gasteiger partial charge in [0.25, 0.3) is 5.91 Å². The normalized spacial score (nSPS) is 14.9. The maximum atomic E-state index is 11.8. The molecule has 0 bridgehead atoms. The first kappa shape index (κ1) is 14.1. The van der Waals surface area contributed by atoms with Crippen LogP contribution in [0.15, 0.2) is 18.2 Å². The molecule has 1 aromatic carbocycles. The van der Waals surface area contributed by atoms with Gasteiger partial charge in [-0.3, -0.25) is 9.59 Å². The minimum absolute atomic E-state index is 0.140. The van der Waals surface area contributed by atoms with E-state index in [2.05, 4.69) is 11.2 Å². The maximum Gasteiger partial charge on any atom is 0.261 e. The van der Waals surface area contributed by atoms with Gasteiger partial charge in [-0.05, 0) is 25.8 Å². The van der Waals surface area contributed by atoms with Crippen molar-refractivity contribution in [3.8, 4) is 18.1 Å². The number of ether oxygens (including phenoxy) is 1. The van der Waals surface area contributed by atoms with E-state index >= 15 is 0 Å². The number of carbonyl (C=O) groups is 2. The molecule has 0 spiro atoms. The van der Waals surface area contributed by atoms with Gasteiger partial charge in [0.2, 0.25) is 0 Å². The maximum absolute atomic E-state index is 11.8. The fraction of sp³-hybridized carbons (Fsp3) is 0.375. The molecule has 1 aliphatic rings. The Morgan fingerprint density at radius 3 is 3.05 bits per heavy atom. The first-order valence-corrected chi connectivity index (χ1v) is 6.66. The third-order valence-corrected chi connectivity index (χ3v) is 3.30. The first-order chi connectivity index (χ1) is 9.63. The van der Waals surface area contributed by atoms with E-state index < -0.39 is 6.10 Å². The van der Waals surface area contributed by atoms with Crippen molar-refractivity contribution >= 4 is 11.7 Å². The van der Waals surface area contributed by atoms with E-state index in [4.69, 9.17) is 11.2 Å². The summed E-state index contributed by atoms with van der Waals surface area (Å²) in [6.07, 6.45) is 6.65. The molecule has 0 saturated heterocycles. The van der Waals surface area contributed by atoms with Crippen LogP contribution in [0.1, 0.15) is 35.7 Å².